The third-order valence-corrected chi connectivity index (χ3v) is 4.53. The molecule has 0 radical (unpaired) electrons. The predicted molar refractivity (Wildman–Crippen MR) is 95.3 cm³/mol. The highest BCUT2D eigenvalue weighted by atomic mass is 16.6. The molecule has 5 heteroatoms. The van der Waals surface area contributed by atoms with Gasteiger partial charge in [0.05, 0.1) is 11.7 Å². The second-order valence-electron chi connectivity index (χ2n) is 6.14. The normalized spacial score (nSPS) is 18.9. The number of imide groups is 1. The van der Waals surface area contributed by atoms with Crippen molar-refractivity contribution in [3.8, 4) is 0 Å². The molecule has 25 heavy (non-hydrogen) atoms. The third-order valence-electron chi connectivity index (χ3n) is 4.53. The zero-order valence-corrected chi connectivity index (χ0v) is 13.7. The van der Waals surface area contributed by atoms with Crippen molar-refractivity contribution in [1.82, 2.24) is 4.90 Å². The Morgan fingerprint density at radius 1 is 1.08 bits per heavy atom. The summed E-state index contributed by atoms with van der Waals surface area (Å²) in [6.45, 7) is 0.669. The average Bonchev–Trinajstić information content (AvgIpc) is 3.01. The molecular formula is C20H18N2O3. The van der Waals surface area contributed by atoms with Gasteiger partial charge in [0.15, 0.2) is 0 Å². The second kappa shape index (κ2) is 6.43. The molecule has 4 rings (SSSR count). The molecule has 2 aliphatic heterocycles. The van der Waals surface area contributed by atoms with E-state index in [2.05, 4.69) is 0 Å². The number of nitrogens with zero attached hydrogens (tertiary/aromatic N) is 2. The molecule has 2 heterocycles. The number of rotatable bonds is 2. The van der Waals surface area contributed by atoms with E-state index >= 15 is 0 Å². The quantitative estimate of drug-likeness (QED) is 0.841. The van der Waals surface area contributed by atoms with Gasteiger partial charge in [-0.25, -0.2) is 14.5 Å². The lowest BCUT2D eigenvalue weighted by Crippen LogP contribution is -2.49. The molecular weight excluding hydrogens is 316 g/mol. The molecule has 0 aliphatic carbocycles. The van der Waals surface area contributed by atoms with Crippen LogP contribution in [0.3, 0.4) is 0 Å². The molecule has 0 bridgehead atoms. The van der Waals surface area contributed by atoms with Crippen LogP contribution < -0.4 is 4.90 Å². The van der Waals surface area contributed by atoms with Gasteiger partial charge in [0.1, 0.15) is 6.61 Å². The van der Waals surface area contributed by atoms with Crippen LogP contribution >= 0.6 is 0 Å². The molecule has 0 unspecified atom stereocenters. The molecule has 3 amide bonds. The lowest BCUT2D eigenvalue weighted by molar-refractivity contribution is 0.159. The highest BCUT2D eigenvalue weighted by Gasteiger charge is 2.40. The summed E-state index contributed by atoms with van der Waals surface area (Å²) in [5, 5.41) is 0. The minimum atomic E-state index is -0.571. The zero-order chi connectivity index (χ0) is 17.2. The molecule has 126 valence electrons. The van der Waals surface area contributed by atoms with Gasteiger partial charge in [-0.15, -0.1) is 0 Å². The Kier molecular flexibility index (Phi) is 3.98. The van der Waals surface area contributed by atoms with Crippen molar-refractivity contribution >= 4 is 23.9 Å². The molecule has 0 aromatic heterocycles. The first kappa shape index (κ1) is 15.4. The summed E-state index contributed by atoms with van der Waals surface area (Å²) in [7, 11) is 0. The minimum Gasteiger partial charge on any atom is -0.447 e. The van der Waals surface area contributed by atoms with E-state index in [1.54, 1.807) is 4.90 Å². The Morgan fingerprint density at radius 3 is 2.68 bits per heavy atom. The number of cyclic esters (lactones) is 1. The topological polar surface area (TPSA) is 49.9 Å². The number of anilines is 1. The fourth-order valence-electron chi connectivity index (χ4n) is 3.30. The molecule has 2 aromatic carbocycles. The maximum Gasteiger partial charge on any atom is 0.418 e. The van der Waals surface area contributed by atoms with Crippen LogP contribution in [0.5, 0.6) is 0 Å². The van der Waals surface area contributed by atoms with E-state index in [1.165, 1.54) is 4.90 Å². The van der Waals surface area contributed by atoms with E-state index in [1.807, 2.05) is 66.7 Å². The molecule has 0 saturated carbocycles. The summed E-state index contributed by atoms with van der Waals surface area (Å²) < 4.78 is 5.17. The van der Waals surface area contributed by atoms with Crippen molar-refractivity contribution in [3.05, 3.63) is 71.8 Å². The van der Waals surface area contributed by atoms with Crippen LogP contribution in [-0.2, 0) is 11.2 Å². The van der Waals surface area contributed by atoms with Gasteiger partial charge in [-0.3, -0.25) is 4.90 Å². The largest absolute Gasteiger partial charge is 0.447 e. The van der Waals surface area contributed by atoms with Crippen molar-refractivity contribution in [3.63, 3.8) is 0 Å². The summed E-state index contributed by atoms with van der Waals surface area (Å²) in [6.07, 6.45) is 3.93. The van der Waals surface area contributed by atoms with Gasteiger partial charge in [-0.05, 0) is 23.6 Å². The SMILES string of the molecule is O=C1OC[C@H](Cc2ccccc2)N1C(=O)N1CC=Cc2ccccc21. The Balaban J connectivity index is 1.59. The van der Waals surface area contributed by atoms with Crippen LogP contribution in [-0.4, -0.2) is 36.2 Å². The van der Waals surface area contributed by atoms with Gasteiger partial charge in [-0.2, -0.15) is 0 Å². The number of para-hydroxylation sites is 1. The molecule has 2 aliphatic rings. The summed E-state index contributed by atoms with van der Waals surface area (Å²) >= 11 is 0. The maximum absolute atomic E-state index is 13.1. The van der Waals surface area contributed by atoms with Crippen molar-refractivity contribution in [2.75, 3.05) is 18.1 Å². The number of ether oxygens (including phenoxy) is 1. The van der Waals surface area contributed by atoms with Crippen LogP contribution in [0.25, 0.3) is 6.08 Å². The number of carbonyl (C=O) groups is 2. The smallest absolute Gasteiger partial charge is 0.418 e. The predicted octanol–water partition coefficient (Wildman–Crippen LogP) is 3.70. The molecule has 1 fully saturated rings. The number of hydrogen-bond acceptors (Lipinski definition) is 3. The molecule has 1 atom stereocenters. The van der Waals surface area contributed by atoms with Crippen LogP contribution in [0.2, 0.25) is 0 Å². The number of urea groups is 1. The standard InChI is InChI=1S/C20H18N2O3/c23-19(21-12-6-10-16-9-4-5-11-18(16)21)22-17(14-25-20(22)24)13-15-7-2-1-3-8-15/h1-11,17H,12-14H2/t17-/m0/s1. The Labute approximate surface area is 146 Å². The van der Waals surface area contributed by atoms with Crippen molar-refractivity contribution in [2.24, 2.45) is 0 Å². The monoisotopic (exact) mass is 334 g/mol. The van der Waals surface area contributed by atoms with E-state index in [0.717, 1.165) is 16.8 Å². The Hall–Kier alpha value is -3.08. The van der Waals surface area contributed by atoms with Crippen molar-refractivity contribution in [1.29, 1.82) is 0 Å². The fourth-order valence-corrected chi connectivity index (χ4v) is 3.30. The van der Waals surface area contributed by atoms with Crippen molar-refractivity contribution < 1.29 is 14.3 Å². The first-order valence-corrected chi connectivity index (χ1v) is 8.31. The summed E-state index contributed by atoms with van der Waals surface area (Å²) in [5.41, 5.74) is 2.85. The number of carbonyl (C=O) groups excluding carboxylic acids is 2. The summed E-state index contributed by atoms with van der Waals surface area (Å²) in [4.78, 5) is 28.2. The van der Waals surface area contributed by atoms with Gasteiger partial charge < -0.3 is 4.74 Å². The Morgan fingerprint density at radius 2 is 1.84 bits per heavy atom. The average molecular weight is 334 g/mol. The van der Waals surface area contributed by atoms with Gasteiger partial charge in [0.2, 0.25) is 0 Å². The highest BCUT2D eigenvalue weighted by molar-refractivity contribution is 6.03. The molecule has 1 saturated heterocycles. The van der Waals surface area contributed by atoms with E-state index in [0.29, 0.717) is 13.0 Å². The second-order valence-corrected chi connectivity index (χ2v) is 6.14. The summed E-state index contributed by atoms with van der Waals surface area (Å²) in [6, 6.07) is 16.9. The Bertz CT molecular complexity index is 832. The number of fused-ring (bicyclic) bond motifs is 1. The van der Waals surface area contributed by atoms with E-state index in [-0.39, 0.29) is 18.7 Å². The van der Waals surface area contributed by atoms with Crippen LogP contribution in [0.15, 0.2) is 60.7 Å². The van der Waals surface area contributed by atoms with Gasteiger partial charge >= 0.3 is 12.1 Å². The highest BCUT2D eigenvalue weighted by Crippen LogP contribution is 2.28. The molecule has 5 nitrogen and oxygen atoms in total. The lowest BCUT2D eigenvalue weighted by Gasteiger charge is -2.30. The van der Waals surface area contributed by atoms with E-state index in [4.69, 9.17) is 4.74 Å². The molecule has 2 aromatic rings. The van der Waals surface area contributed by atoms with Gasteiger partial charge in [0.25, 0.3) is 0 Å². The van der Waals surface area contributed by atoms with E-state index in [9.17, 15) is 9.59 Å². The first-order valence-electron chi connectivity index (χ1n) is 8.31. The van der Waals surface area contributed by atoms with Crippen LogP contribution in [0.4, 0.5) is 15.3 Å². The van der Waals surface area contributed by atoms with E-state index < -0.39 is 6.09 Å². The number of hydrogen-bond donors (Lipinski definition) is 0. The zero-order valence-electron chi connectivity index (χ0n) is 13.7. The minimum absolute atomic E-state index is 0.227. The fraction of sp³-hybridized carbons (Fsp3) is 0.200. The van der Waals surface area contributed by atoms with Crippen LogP contribution in [0.1, 0.15) is 11.1 Å². The summed E-state index contributed by atoms with van der Waals surface area (Å²) in [5.74, 6) is 0. The van der Waals surface area contributed by atoms with Crippen LogP contribution in [0, 0.1) is 0 Å². The molecule has 0 spiro atoms. The third kappa shape index (κ3) is 2.89. The number of benzene rings is 2. The van der Waals surface area contributed by atoms with Gasteiger partial charge in [-0.1, -0.05) is 60.7 Å². The first-order chi connectivity index (χ1) is 12.2. The van der Waals surface area contributed by atoms with Gasteiger partial charge in [0, 0.05) is 6.54 Å². The maximum atomic E-state index is 13.1. The van der Waals surface area contributed by atoms with Crippen molar-refractivity contribution in [2.45, 2.75) is 12.5 Å². The lowest BCUT2D eigenvalue weighted by atomic mass is 10.1. The molecule has 0 N–H and O–H groups in total. The number of amides is 3.